The lowest BCUT2D eigenvalue weighted by atomic mass is 9.95. The fourth-order valence-corrected chi connectivity index (χ4v) is 1.75. The van der Waals surface area contributed by atoms with E-state index in [0.29, 0.717) is 12.2 Å². The molecule has 1 aromatic heterocycles. The molecule has 0 saturated carbocycles. The van der Waals surface area contributed by atoms with Gasteiger partial charge in [0.25, 0.3) is 0 Å². The first kappa shape index (κ1) is 10.4. The summed E-state index contributed by atoms with van der Waals surface area (Å²) < 4.78 is 0. The van der Waals surface area contributed by atoms with Crippen LogP contribution in [-0.2, 0) is 0 Å². The molecule has 1 fully saturated rings. The van der Waals surface area contributed by atoms with Gasteiger partial charge in [0.05, 0.1) is 18.3 Å². The van der Waals surface area contributed by atoms with Crippen molar-refractivity contribution in [2.45, 2.75) is 30.8 Å². The highest BCUT2D eigenvalue weighted by Gasteiger charge is 2.33. The standard InChI is InChI=1S/C9H15N5O/c10-5-4-6(14-8(11)7(5)15)9-12-2-1-3-13-9/h1-3,5-8,14-15H,4,10-11H2. The Kier molecular flexibility index (Phi) is 2.92. The first-order valence-corrected chi connectivity index (χ1v) is 4.90. The van der Waals surface area contributed by atoms with Crippen LogP contribution in [0.5, 0.6) is 0 Å². The fraction of sp³-hybridized carbons (Fsp3) is 0.556. The van der Waals surface area contributed by atoms with Crippen molar-refractivity contribution < 1.29 is 5.11 Å². The lowest BCUT2D eigenvalue weighted by Crippen LogP contribution is -2.60. The zero-order valence-electron chi connectivity index (χ0n) is 8.24. The van der Waals surface area contributed by atoms with E-state index >= 15 is 0 Å². The molecule has 6 nitrogen and oxygen atoms in total. The zero-order valence-corrected chi connectivity index (χ0v) is 8.24. The molecule has 15 heavy (non-hydrogen) atoms. The molecule has 0 amide bonds. The summed E-state index contributed by atoms with van der Waals surface area (Å²) in [5.41, 5.74) is 11.5. The molecule has 0 aromatic carbocycles. The average molecular weight is 209 g/mol. The minimum atomic E-state index is -0.718. The van der Waals surface area contributed by atoms with Gasteiger partial charge in [0, 0.05) is 18.4 Å². The van der Waals surface area contributed by atoms with Crippen LogP contribution in [0.15, 0.2) is 18.5 Å². The van der Waals surface area contributed by atoms with Crippen molar-refractivity contribution in [1.82, 2.24) is 15.3 Å². The third-order valence-electron chi connectivity index (χ3n) is 2.61. The lowest BCUT2D eigenvalue weighted by Gasteiger charge is -2.35. The van der Waals surface area contributed by atoms with Crippen LogP contribution in [0, 0.1) is 0 Å². The number of rotatable bonds is 1. The Morgan fingerprint density at radius 1 is 1.33 bits per heavy atom. The predicted molar refractivity (Wildman–Crippen MR) is 54.5 cm³/mol. The predicted octanol–water partition coefficient (Wildman–Crippen LogP) is -1.52. The topological polar surface area (TPSA) is 110 Å². The van der Waals surface area contributed by atoms with E-state index in [1.54, 1.807) is 18.5 Å². The Balaban J connectivity index is 2.13. The molecule has 2 heterocycles. The van der Waals surface area contributed by atoms with Crippen LogP contribution >= 0.6 is 0 Å². The van der Waals surface area contributed by atoms with Crippen molar-refractivity contribution in [3.63, 3.8) is 0 Å². The highest BCUT2D eigenvalue weighted by Crippen LogP contribution is 2.20. The first-order valence-electron chi connectivity index (χ1n) is 4.90. The molecule has 82 valence electrons. The van der Waals surface area contributed by atoms with Gasteiger partial charge in [0.15, 0.2) is 0 Å². The van der Waals surface area contributed by atoms with E-state index in [4.69, 9.17) is 11.5 Å². The van der Waals surface area contributed by atoms with Crippen LogP contribution < -0.4 is 16.8 Å². The third-order valence-corrected chi connectivity index (χ3v) is 2.61. The van der Waals surface area contributed by atoms with E-state index in [-0.39, 0.29) is 12.1 Å². The molecule has 6 N–H and O–H groups in total. The first-order chi connectivity index (χ1) is 7.18. The number of aliphatic hydroxyl groups is 1. The summed E-state index contributed by atoms with van der Waals surface area (Å²) in [4.78, 5) is 8.26. The molecule has 4 unspecified atom stereocenters. The van der Waals surface area contributed by atoms with Crippen LogP contribution in [0.4, 0.5) is 0 Å². The van der Waals surface area contributed by atoms with Gasteiger partial charge in [0.2, 0.25) is 0 Å². The minimum Gasteiger partial charge on any atom is -0.388 e. The van der Waals surface area contributed by atoms with Crippen molar-refractivity contribution in [3.8, 4) is 0 Å². The van der Waals surface area contributed by atoms with Gasteiger partial charge in [-0.25, -0.2) is 9.97 Å². The number of piperidine rings is 1. The molecule has 0 bridgehead atoms. The van der Waals surface area contributed by atoms with Gasteiger partial charge in [-0.1, -0.05) is 0 Å². The van der Waals surface area contributed by atoms with Crippen LogP contribution in [0.3, 0.4) is 0 Å². The largest absolute Gasteiger partial charge is 0.388 e. The number of aromatic nitrogens is 2. The summed E-state index contributed by atoms with van der Waals surface area (Å²) in [7, 11) is 0. The molecule has 1 aromatic rings. The summed E-state index contributed by atoms with van der Waals surface area (Å²) in [6.07, 6.45) is 2.68. The summed E-state index contributed by atoms with van der Waals surface area (Å²) in [5, 5.41) is 12.6. The highest BCUT2D eigenvalue weighted by molar-refractivity contribution is 5.02. The molecular weight excluding hydrogens is 194 g/mol. The normalized spacial score (nSPS) is 36.5. The van der Waals surface area contributed by atoms with Crippen molar-refractivity contribution in [2.75, 3.05) is 0 Å². The van der Waals surface area contributed by atoms with Gasteiger partial charge in [0.1, 0.15) is 5.82 Å². The van der Waals surface area contributed by atoms with Gasteiger partial charge in [-0.15, -0.1) is 0 Å². The van der Waals surface area contributed by atoms with Crippen molar-refractivity contribution in [2.24, 2.45) is 11.5 Å². The van der Waals surface area contributed by atoms with Gasteiger partial charge in [-0.3, -0.25) is 5.32 Å². The number of nitrogens with zero attached hydrogens (tertiary/aromatic N) is 2. The van der Waals surface area contributed by atoms with E-state index in [1.165, 1.54) is 0 Å². The smallest absolute Gasteiger partial charge is 0.145 e. The molecule has 2 rings (SSSR count). The quantitative estimate of drug-likeness (QED) is 0.447. The highest BCUT2D eigenvalue weighted by atomic mass is 16.3. The van der Waals surface area contributed by atoms with Crippen LogP contribution in [-0.4, -0.2) is 33.4 Å². The molecule has 0 spiro atoms. The number of aliphatic hydroxyl groups excluding tert-OH is 1. The Bertz CT molecular complexity index is 308. The maximum absolute atomic E-state index is 9.56. The molecule has 0 radical (unpaired) electrons. The van der Waals surface area contributed by atoms with E-state index in [2.05, 4.69) is 15.3 Å². The number of nitrogens with two attached hydrogens (primary N) is 2. The second-order valence-corrected chi connectivity index (χ2v) is 3.74. The Hall–Kier alpha value is -1.08. The van der Waals surface area contributed by atoms with Crippen molar-refractivity contribution in [1.29, 1.82) is 0 Å². The van der Waals surface area contributed by atoms with Gasteiger partial charge in [-0.2, -0.15) is 0 Å². The van der Waals surface area contributed by atoms with Gasteiger partial charge >= 0.3 is 0 Å². The molecular formula is C9H15N5O. The second-order valence-electron chi connectivity index (χ2n) is 3.74. The number of nitrogens with one attached hydrogen (secondary N) is 1. The summed E-state index contributed by atoms with van der Waals surface area (Å²) in [5.74, 6) is 0.662. The van der Waals surface area contributed by atoms with E-state index in [9.17, 15) is 5.11 Å². The van der Waals surface area contributed by atoms with E-state index in [1.807, 2.05) is 0 Å². The van der Waals surface area contributed by atoms with Crippen LogP contribution in [0.25, 0.3) is 0 Å². The molecule has 0 aliphatic carbocycles. The summed E-state index contributed by atoms with van der Waals surface area (Å²) >= 11 is 0. The molecule has 1 aliphatic heterocycles. The Morgan fingerprint density at radius 3 is 2.60 bits per heavy atom. The lowest BCUT2D eigenvalue weighted by molar-refractivity contribution is 0.0609. The maximum atomic E-state index is 9.56. The summed E-state index contributed by atoms with van der Waals surface area (Å²) in [6, 6.07) is 1.33. The Labute approximate surface area is 87.7 Å². The monoisotopic (exact) mass is 209 g/mol. The SMILES string of the molecule is NC1CC(c2ncccn2)NC(N)C1O. The molecule has 1 saturated heterocycles. The third kappa shape index (κ3) is 2.13. The van der Waals surface area contributed by atoms with Gasteiger partial charge < -0.3 is 16.6 Å². The molecule has 1 aliphatic rings. The van der Waals surface area contributed by atoms with Crippen LogP contribution in [0.1, 0.15) is 18.3 Å². The second kappa shape index (κ2) is 4.19. The zero-order chi connectivity index (χ0) is 10.8. The molecule has 6 heteroatoms. The number of hydrogen-bond acceptors (Lipinski definition) is 6. The summed E-state index contributed by atoms with van der Waals surface area (Å²) in [6.45, 7) is 0. The van der Waals surface area contributed by atoms with Crippen molar-refractivity contribution in [3.05, 3.63) is 24.3 Å². The van der Waals surface area contributed by atoms with Crippen LogP contribution in [0.2, 0.25) is 0 Å². The van der Waals surface area contributed by atoms with Crippen molar-refractivity contribution >= 4 is 0 Å². The maximum Gasteiger partial charge on any atom is 0.145 e. The van der Waals surface area contributed by atoms with E-state index < -0.39 is 12.3 Å². The average Bonchev–Trinajstić information content (AvgIpc) is 2.26. The number of hydrogen-bond donors (Lipinski definition) is 4. The van der Waals surface area contributed by atoms with Gasteiger partial charge in [-0.05, 0) is 12.5 Å². The molecule has 4 atom stereocenters. The minimum absolute atomic E-state index is 0.0837. The fourth-order valence-electron chi connectivity index (χ4n) is 1.75. The Morgan fingerprint density at radius 2 is 2.00 bits per heavy atom. The van der Waals surface area contributed by atoms with E-state index in [0.717, 1.165) is 0 Å².